The molecule has 2 fully saturated rings. The fourth-order valence-corrected chi connectivity index (χ4v) is 4.94. The summed E-state index contributed by atoms with van der Waals surface area (Å²) >= 11 is 0. The molecule has 0 saturated carbocycles. The molecule has 1 aliphatic carbocycles. The number of rotatable bonds is 7. The van der Waals surface area contributed by atoms with Crippen LogP contribution in [0.4, 0.5) is 0 Å². The molecule has 43 heavy (non-hydrogen) atoms. The highest BCUT2D eigenvalue weighted by Crippen LogP contribution is 2.39. The largest absolute Gasteiger partial charge is 0.508 e. The molecule has 11 N–H and O–H groups in total. The van der Waals surface area contributed by atoms with E-state index in [0.29, 0.717) is 0 Å². The maximum atomic E-state index is 10.7. The van der Waals surface area contributed by atoms with Gasteiger partial charge in [0.25, 0.3) is 0 Å². The third kappa shape index (κ3) is 6.02. The van der Waals surface area contributed by atoms with Crippen LogP contribution in [0.5, 0.6) is 11.5 Å². The Morgan fingerprint density at radius 2 is 1.37 bits per heavy atom. The molecular formula is C27H32O16. The van der Waals surface area contributed by atoms with E-state index >= 15 is 0 Å². The van der Waals surface area contributed by atoms with Crippen molar-refractivity contribution in [3.05, 3.63) is 64.8 Å². The first-order valence-electron chi connectivity index (χ1n) is 13.1. The zero-order chi connectivity index (χ0) is 31.2. The molecule has 16 heteroatoms. The average Bonchev–Trinajstić information content (AvgIpc) is 2.97. The highest BCUT2D eigenvalue weighted by atomic mass is 16.7. The maximum Gasteiger partial charge on any atom is 0.229 e. The summed E-state index contributed by atoms with van der Waals surface area (Å²) in [5.74, 6) is -1.88. The number of aromatic hydroxyl groups is 2. The van der Waals surface area contributed by atoms with Gasteiger partial charge in [-0.05, 0) is 24.3 Å². The van der Waals surface area contributed by atoms with Gasteiger partial charge in [0.1, 0.15) is 66.5 Å². The van der Waals surface area contributed by atoms with Crippen LogP contribution in [0.15, 0.2) is 59.3 Å². The molecule has 16 nitrogen and oxygen atoms in total. The predicted octanol–water partition coefficient (Wildman–Crippen LogP) is -2.37. The molecule has 0 aromatic heterocycles. The Morgan fingerprint density at radius 1 is 0.721 bits per heavy atom. The average molecular weight is 613 g/mol. The van der Waals surface area contributed by atoms with Crippen molar-refractivity contribution < 1.29 is 79.9 Å². The number of fused-ring (bicyclic) bond motifs is 1. The smallest absolute Gasteiger partial charge is 0.229 e. The molecule has 1 aromatic carbocycles. The van der Waals surface area contributed by atoms with Crippen molar-refractivity contribution >= 4 is 5.76 Å². The van der Waals surface area contributed by atoms with Crippen LogP contribution in [0, 0.1) is 0 Å². The van der Waals surface area contributed by atoms with Gasteiger partial charge in [0, 0.05) is 23.3 Å². The van der Waals surface area contributed by atoms with Crippen molar-refractivity contribution in [3.8, 4) is 11.5 Å². The lowest BCUT2D eigenvalue weighted by Crippen LogP contribution is -2.61. The molecule has 4 aliphatic rings. The van der Waals surface area contributed by atoms with E-state index in [1.54, 1.807) is 0 Å². The van der Waals surface area contributed by atoms with Gasteiger partial charge >= 0.3 is 0 Å². The minimum Gasteiger partial charge on any atom is -0.508 e. The van der Waals surface area contributed by atoms with E-state index in [0.717, 1.165) is 12.1 Å². The Morgan fingerprint density at radius 3 is 2.05 bits per heavy atom. The molecule has 0 amide bonds. The van der Waals surface area contributed by atoms with Crippen molar-refractivity contribution in [2.75, 3.05) is 13.2 Å². The van der Waals surface area contributed by atoms with E-state index in [4.69, 9.17) is 23.7 Å². The van der Waals surface area contributed by atoms with Crippen molar-refractivity contribution in [2.45, 2.75) is 67.5 Å². The van der Waals surface area contributed by atoms with Gasteiger partial charge in [-0.1, -0.05) is 0 Å². The minimum absolute atomic E-state index is 0.0895. The lowest BCUT2D eigenvalue weighted by molar-refractivity contribution is -0.327. The molecule has 5 rings (SSSR count). The minimum atomic E-state index is -1.85. The topological polar surface area (TPSA) is 269 Å². The predicted molar refractivity (Wildman–Crippen MR) is 139 cm³/mol. The summed E-state index contributed by atoms with van der Waals surface area (Å²) in [5, 5.41) is 111. The number of aliphatic hydroxyl groups is 9. The van der Waals surface area contributed by atoms with Gasteiger partial charge in [-0.25, -0.2) is 0 Å². The zero-order valence-corrected chi connectivity index (χ0v) is 22.2. The van der Waals surface area contributed by atoms with Gasteiger partial charge < -0.3 is 79.9 Å². The van der Waals surface area contributed by atoms with Gasteiger partial charge in [0.05, 0.1) is 13.2 Å². The number of hydrogen-bond donors (Lipinski definition) is 11. The maximum absolute atomic E-state index is 10.7. The lowest BCUT2D eigenvalue weighted by atomic mass is 9.96. The number of ether oxygens (including phenoxy) is 5. The number of benzene rings is 1. The van der Waals surface area contributed by atoms with Crippen LogP contribution in [0.25, 0.3) is 5.76 Å². The quantitative estimate of drug-likeness (QED) is 0.144. The van der Waals surface area contributed by atoms with E-state index < -0.39 is 92.2 Å². The second kappa shape index (κ2) is 12.3. The number of phenolic OH excluding ortho intramolecular Hbond substituents is 2. The van der Waals surface area contributed by atoms with Crippen LogP contribution in [0.1, 0.15) is 5.56 Å². The summed E-state index contributed by atoms with van der Waals surface area (Å²) < 4.78 is 28.2. The first-order chi connectivity index (χ1) is 20.4. The molecule has 2 saturated heterocycles. The summed E-state index contributed by atoms with van der Waals surface area (Å²) in [5.41, 5.74) is 0.295. The molecule has 0 radical (unpaired) electrons. The molecule has 0 bridgehead atoms. The highest BCUT2D eigenvalue weighted by Gasteiger charge is 2.48. The van der Waals surface area contributed by atoms with Gasteiger partial charge in [-0.3, -0.25) is 0 Å². The Balaban J connectivity index is 1.40. The molecule has 11 atom stereocenters. The number of phenols is 2. The van der Waals surface area contributed by atoms with Crippen molar-refractivity contribution in [1.82, 2.24) is 0 Å². The molecule has 3 aliphatic heterocycles. The monoisotopic (exact) mass is 612 g/mol. The molecule has 0 spiro atoms. The third-order valence-electron chi connectivity index (χ3n) is 7.39. The van der Waals surface area contributed by atoms with Gasteiger partial charge in [0.2, 0.25) is 6.29 Å². The van der Waals surface area contributed by atoms with Gasteiger partial charge in [-0.2, -0.15) is 0 Å². The molecule has 11 unspecified atom stereocenters. The van der Waals surface area contributed by atoms with E-state index in [1.165, 1.54) is 24.3 Å². The molecule has 1 aromatic rings. The van der Waals surface area contributed by atoms with Crippen LogP contribution in [0.3, 0.4) is 0 Å². The van der Waals surface area contributed by atoms with Gasteiger partial charge in [0.15, 0.2) is 29.3 Å². The normalized spacial score (nSPS) is 37.9. The van der Waals surface area contributed by atoms with Crippen molar-refractivity contribution in [3.63, 3.8) is 0 Å². The molecule has 236 valence electrons. The van der Waals surface area contributed by atoms with E-state index in [-0.39, 0.29) is 34.2 Å². The number of hydrogen-bond acceptors (Lipinski definition) is 16. The Kier molecular flexibility index (Phi) is 8.87. The van der Waals surface area contributed by atoms with E-state index in [9.17, 15) is 56.2 Å². The SMILES string of the molecule is OCC1OC(OCC2OC(OC3=C(c4ccc(O)c(O)c4)OC4C=C(O)C=C(O)C4=C3)C(O)C(O)C2O)C(O)C(O)C1O. The Hall–Kier alpha value is -3.42. The zero-order valence-electron chi connectivity index (χ0n) is 22.2. The van der Waals surface area contributed by atoms with Crippen LogP contribution in [-0.4, -0.2) is 137 Å². The summed E-state index contributed by atoms with van der Waals surface area (Å²) in [6.07, 6.45) is -13.9. The number of allylic oxidation sites excluding steroid dienone is 2. The second-order valence-corrected chi connectivity index (χ2v) is 10.3. The van der Waals surface area contributed by atoms with Gasteiger partial charge in [-0.15, -0.1) is 0 Å². The molecular weight excluding hydrogens is 580 g/mol. The summed E-state index contributed by atoms with van der Waals surface area (Å²) in [4.78, 5) is 0. The summed E-state index contributed by atoms with van der Waals surface area (Å²) in [6, 6.07) is 3.67. The summed E-state index contributed by atoms with van der Waals surface area (Å²) in [6.45, 7) is -1.30. The van der Waals surface area contributed by atoms with E-state index in [2.05, 4.69) is 0 Å². The standard InChI is InChI=1S/C27H32O16/c28-7-17-19(33)21(35)23(37)26(42-17)39-8-18-20(34)22(36)24(38)27(43-18)41-16-6-11-13(31)4-10(29)5-15(11)40-25(16)9-1-2-12(30)14(32)3-9/h1-6,15,17-24,26-38H,7-8H2. The van der Waals surface area contributed by atoms with Crippen LogP contribution in [-0.2, 0) is 23.7 Å². The number of aliphatic hydroxyl groups excluding tert-OH is 9. The first-order valence-corrected chi connectivity index (χ1v) is 13.1. The van der Waals surface area contributed by atoms with Crippen LogP contribution in [0.2, 0.25) is 0 Å². The van der Waals surface area contributed by atoms with Crippen LogP contribution < -0.4 is 0 Å². The van der Waals surface area contributed by atoms with E-state index in [1.807, 2.05) is 0 Å². The Bertz CT molecular complexity index is 1320. The lowest BCUT2D eigenvalue weighted by Gasteiger charge is -2.43. The molecule has 3 heterocycles. The van der Waals surface area contributed by atoms with Crippen molar-refractivity contribution in [1.29, 1.82) is 0 Å². The third-order valence-corrected chi connectivity index (χ3v) is 7.39. The van der Waals surface area contributed by atoms with Crippen molar-refractivity contribution in [2.24, 2.45) is 0 Å². The Labute approximate surface area is 243 Å². The second-order valence-electron chi connectivity index (χ2n) is 10.3. The fraction of sp³-hybridized carbons (Fsp3) is 0.481. The fourth-order valence-electron chi connectivity index (χ4n) is 4.94. The highest BCUT2D eigenvalue weighted by molar-refractivity contribution is 5.70. The van der Waals surface area contributed by atoms with Crippen LogP contribution >= 0.6 is 0 Å². The first kappa shape index (κ1) is 31.0. The summed E-state index contributed by atoms with van der Waals surface area (Å²) in [7, 11) is 0.